The van der Waals surface area contributed by atoms with E-state index in [9.17, 15) is 9.59 Å². The van der Waals surface area contributed by atoms with Gasteiger partial charge in [0.1, 0.15) is 0 Å². The van der Waals surface area contributed by atoms with Crippen molar-refractivity contribution in [3.63, 3.8) is 0 Å². The Bertz CT molecular complexity index is 528. The van der Waals surface area contributed by atoms with Crippen molar-refractivity contribution in [2.24, 2.45) is 0 Å². The van der Waals surface area contributed by atoms with E-state index in [1.54, 1.807) is 0 Å². The van der Waals surface area contributed by atoms with Crippen LogP contribution in [0.1, 0.15) is 38.2 Å². The summed E-state index contributed by atoms with van der Waals surface area (Å²) < 4.78 is 5.95. The molecule has 6 heteroatoms. The fourth-order valence-electron chi connectivity index (χ4n) is 2.81. The zero-order valence-electron chi connectivity index (χ0n) is 15.0. The molecule has 0 aliphatic carbocycles. The predicted molar refractivity (Wildman–Crippen MR) is 97.1 cm³/mol. The van der Waals surface area contributed by atoms with Crippen LogP contribution in [0.15, 0.2) is 30.3 Å². The van der Waals surface area contributed by atoms with Crippen molar-refractivity contribution in [2.75, 3.05) is 26.2 Å². The molecule has 3 amide bonds. The molecule has 0 aromatic heterocycles. The van der Waals surface area contributed by atoms with Crippen LogP contribution in [-0.2, 0) is 16.1 Å². The lowest BCUT2D eigenvalue weighted by molar-refractivity contribution is -0.121. The average molecular weight is 347 g/mol. The van der Waals surface area contributed by atoms with E-state index in [1.165, 1.54) is 5.56 Å². The SMILES string of the molecule is CCCCNC(=O)NC(=O)CN1CCC(OCc2ccccc2)CC1. The van der Waals surface area contributed by atoms with Crippen LogP contribution < -0.4 is 10.6 Å². The van der Waals surface area contributed by atoms with Crippen LogP contribution in [0.5, 0.6) is 0 Å². The number of benzene rings is 1. The van der Waals surface area contributed by atoms with Gasteiger partial charge >= 0.3 is 6.03 Å². The lowest BCUT2D eigenvalue weighted by atomic mass is 10.1. The highest BCUT2D eigenvalue weighted by Crippen LogP contribution is 2.15. The maximum atomic E-state index is 11.9. The third-order valence-electron chi connectivity index (χ3n) is 4.30. The molecule has 2 rings (SSSR count). The molecule has 25 heavy (non-hydrogen) atoms. The number of ether oxygens (including phenoxy) is 1. The van der Waals surface area contributed by atoms with Gasteiger partial charge in [-0.25, -0.2) is 4.79 Å². The summed E-state index contributed by atoms with van der Waals surface area (Å²) in [5.74, 6) is -0.252. The van der Waals surface area contributed by atoms with Gasteiger partial charge in [0.25, 0.3) is 0 Å². The van der Waals surface area contributed by atoms with E-state index < -0.39 is 6.03 Å². The van der Waals surface area contributed by atoms with E-state index in [4.69, 9.17) is 4.74 Å². The fourth-order valence-corrected chi connectivity index (χ4v) is 2.81. The number of urea groups is 1. The molecule has 2 N–H and O–H groups in total. The Morgan fingerprint density at radius 2 is 1.92 bits per heavy atom. The van der Waals surface area contributed by atoms with Gasteiger partial charge < -0.3 is 10.1 Å². The molecule has 138 valence electrons. The first-order chi connectivity index (χ1) is 12.2. The van der Waals surface area contributed by atoms with Gasteiger partial charge in [0.05, 0.1) is 19.3 Å². The molecule has 0 unspecified atom stereocenters. The largest absolute Gasteiger partial charge is 0.373 e. The average Bonchev–Trinajstić information content (AvgIpc) is 2.62. The van der Waals surface area contributed by atoms with Gasteiger partial charge in [-0.3, -0.25) is 15.0 Å². The maximum absolute atomic E-state index is 11.9. The molecular formula is C19H29N3O3. The molecule has 0 atom stereocenters. The number of hydrogen-bond donors (Lipinski definition) is 2. The first-order valence-corrected chi connectivity index (χ1v) is 9.13. The van der Waals surface area contributed by atoms with Gasteiger partial charge in [0, 0.05) is 19.6 Å². The van der Waals surface area contributed by atoms with Gasteiger partial charge in [0.2, 0.25) is 5.91 Å². The molecule has 1 aromatic rings. The van der Waals surface area contributed by atoms with E-state index in [0.717, 1.165) is 38.8 Å². The van der Waals surface area contributed by atoms with E-state index in [2.05, 4.69) is 34.6 Å². The molecule has 1 saturated heterocycles. The minimum Gasteiger partial charge on any atom is -0.373 e. The number of rotatable bonds is 8. The molecular weight excluding hydrogens is 318 g/mol. The molecule has 0 saturated carbocycles. The summed E-state index contributed by atoms with van der Waals surface area (Å²) >= 11 is 0. The van der Waals surface area contributed by atoms with Crippen LogP contribution in [0.3, 0.4) is 0 Å². The van der Waals surface area contributed by atoms with Crippen LogP contribution in [0.2, 0.25) is 0 Å². The third-order valence-corrected chi connectivity index (χ3v) is 4.30. The summed E-state index contributed by atoms with van der Waals surface area (Å²) in [6.07, 6.45) is 3.97. The molecule has 0 radical (unpaired) electrons. The zero-order valence-corrected chi connectivity index (χ0v) is 15.0. The number of carbonyl (C=O) groups is 2. The topological polar surface area (TPSA) is 70.7 Å². The predicted octanol–water partition coefficient (Wildman–Crippen LogP) is 2.29. The highest BCUT2D eigenvalue weighted by atomic mass is 16.5. The second-order valence-corrected chi connectivity index (χ2v) is 6.43. The zero-order chi connectivity index (χ0) is 17.9. The Morgan fingerprint density at radius 3 is 2.60 bits per heavy atom. The Hall–Kier alpha value is -1.92. The van der Waals surface area contributed by atoms with Crippen LogP contribution in [0, 0.1) is 0 Å². The summed E-state index contributed by atoms with van der Waals surface area (Å²) in [5, 5.41) is 5.06. The maximum Gasteiger partial charge on any atom is 0.321 e. The summed E-state index contributed by atoms with van der Waals surface area (Å²) in [6.45, 7) is 5.16. The van der Waals surface area contributed by atoms with Crippen LogP contribution >= 0.6 is 0 Å². The number of piperidine rings is 1. The van der Waals surface area contributed by atoms with E-state index >= 15 is 0 Å². The van der Waals surface area contributed by atoms with E-state index in [0.29, 0.717) is 13.2 Å². The third kappa shape index (κ3) is 7.67. The quantitative estimate of drug-likeness (QED) is 0.708. The van der Waals surface area contributed by atoms with E-state index in [1.807, 2.05) is 18.2 Å². The number of imide groups is 1. The van der Waals surface area contributed by atoms with Crippen molar-refractivity contribution < 1.29 is 14.3 Å². The van der Waals surface area contributed by atoms with Crippen LogP contribution in [0.4, 0.5) is 4.79 Å². The monoisotopic (exact) mass is 347 g/mol. The highest BCUT2D eigenvalue weighted by molar-refractivity contribution is 5.95. The normalized spacial score (nSPS) is 15.7. The van der Waals surface area contributed by atoms with Gasteiger partial charge in [-0.15, -0.1) is 0 Å². The van der Waals surface area contributed by atoms with E-state index in [-0.39, 0.29) is 18.6 Å². The summed E-state index contributed by atoms with van der Waals surface area (Å²) in [5.41, 5.74) is 1.18. The first kappa shape index (κ1) is 19.4. The Morgan fingerprint density at radius 1 is 1.20 bits per heavy atom. The molecule has 1 aromatic carbocycles. The molecule has 0 spiro atoms. The van der Waals surface area contributed by atoms with Crippen molar-refractivity contribution >= 4 is 11.9 Å². The number of hydrogen-bond acceptors (Lipinski definition) is 4. The molecule has 1 fully saturated rings. The smallest absolute Gasteiger partial charge is 0.321 e. The van der Waals surface area contributed by atoms with Crippen LogP contribution in [0.25, 0.3) is 0 Å². The van der Waals surface area contributed by atoms with Gasteiger partial charge in [-0.2, -0.15) is 0 Å². The van der Waals surface area contributed by atoms with Crippen molar-refractivity contribution in [3.8, 4) is 0 Å². The van der Waals surface area contributed by atoms with Gasteiger partial charge in [0.15, 0.2) is 0 Å². The molecule has 6 nitrogen and oxygen atoms in total. The van der Waals surface area contributed by atoms with Crippen molar-refractivity contribution in [1.29, 1.82) is 0 Å². The lowest BCUT2D eigenvalue weighted by Gasteiger charge is -2.31. The molecule has 1 aliphatic rings. The van der Waals surface area contributed by atoms with Crippen molar-refractivity contribution in [2.45, 2.75) is 45.3 Å². The molecule has 0 bridgehead atoms. The minimum absolute atomic E-state index is 0.233. The summed E-state index contributed by atoms with van der Waals surface area (Å²) in [6, 6.07) is 9.74. The second kappa shape index (κ2) is 10.8. The number of likely N-dealkylation sites (tertiary alicyclic amines) is 1. The molecule has 1 aliphatic heterocycles. The lowest BCUT2D eigenvalue weighted by Crippen LogP contribution is -2.47. The first-order valence-electron chi connectivity index (χ1n) is 9.13. The van der Waals surface area contributed by atoms with Crippen molar-refractivity contribution in [3.05, 3.63) is 35.9 Å². The number of amides is 3. The number of nitrogens with zero attached hydrogens (tertiary/aromatic N) is 1. The minimum atomic E-state index is -0.403. The Labute approximate surface area is 149 Å². The van der Waals surface area contributed by atoms with Crippen molar-refractivity contribution in [1.82, 2.24) is 15.5 Å². The Balaban J connectivity index is 1.59. The fraction of sp³-hybridized carbons (Fsp3) is 0.579. The number of carbonyl (C=O) groups excluding carboxylic acids is 2. The van der Waals surface area contributed by atoms with Gasteiger partial charge in [-0.05, 0) is 24.8 Å². The highest BCUT2D eigenvalue weighted by Gasteiger charge is 2.21. The molecule has 1 heterocycles. The van der Waals surface area contributed by atoms with Gasteiger partial charge in [-0.1, -0.05) is 43.7 Å². The number of unbranched alkanes of at least 4 members (excludes halogenated alkanes) is 1. The Kier molecular flexibility index (Phi) is 8.42. The second-order valence-electron chi connectivity index (χ2n) is 6.43. The standard InChI is InChI=1S/C19H29N3O3/c1-2-3-11-20-19(24)21-18(23)14-22-12-9-17(10-13-22)25-15-16-7-5-4-6-8-16/h4-8,17H,2-3,9-15H2,1H3,(H2,20,21,23,24). The van der Waals surface area contributed by atoms with Crippen LogP contribution in [-0.4, -0.2) is 49.1 Å². The summed E-state index contributed by atoms with van der Waals surface area (Å²) in [7, 11) is 0. The number of nitrogens with one attached hydrogen (secondary N) is 2. The summed E-state index contributed by atoms with van der Waals surface area (Å²) in [4.78, 5) is 25.5.